The molecule has 1 aliphatic heterocycles. The maximum Gasteiger partial charge on any atom is 0.203 e. The molecule has 2 heterocycles. The topological polar surface area (TPSA) is 60.1 Å². The molecule has 1 aromatic heterocycles. The monoisotopic (exact) mass is 476 g/mol. The van der Waals surface area contributed by atoms with Gasteiger partial charge in [-0.1, -0.05) is 48.9 Å². The second-order valence-electron chi connectivity index (χ2n) is 7.78. The van der Waals surface area contributed by atoms with E-state index in [-0.39, 0.29) is 17.5 Å². The van der Waals surface area contributed by atoms with Gasteiger partial charge in [-0.3, -0.25) is 9.47 Å². The van der Waals surface area contributed by atoms with Crippen molar-refractivity contribution in [2.24, 2.45) is 0 Å². The maximum atomic E-state index is 12.0. The molecule has 1 fully saturated rings. The minimum atomic E-state index is -2.96. The first kappa shape index (κ1) is 22.2. The summed E-state index contributed by atoms with van der Waals surface area (Å²) in [7, 11) is -2.96. The van der Waals surface area contributed by atoms with E-state index in [2.05, 4.69) is 17.0 Å². The Kier molecular flexibility index (Phi) is 6.62. The van der Waals surface area contributed by atoms with Gasteiger partial charge in [-0.2, -0.15) is 5.10 Å². The summed E-state index contributed by atoms with van der Waals surface area (Å²) in [6.07, 6.45) is 1.28. The number of sulfone groups is 1. The van der Waals surface area contributed by atoms with E-state index in [1.165, 1.54) is 0 Å². The lowest BCUT2D eigenvalue weighted by Crippen LogP contribution is -2.37. The zero-order valence-corrected chi connectivity index (χ0v) is 19.7. The summed E-state index contributed by atoms with van der Waals surface area (Å²) in [6, 6.07) is 17.7. The molecule has 1 saturated heterocycles. The third kappa shape index (κ3) is 5.09. The molecule has 0 unspecified atom stereocenters. The van der Waals surface area contributed by atoms with Crippen LogP contribution in [-0.4, -0.2) is 51.8 Å². The van der Waals surface area contributed by atoms with Crippen LogP contribution in [0.1, 0.15) is 24.7 Å². The number of halogens is 1. The van der Waals surface area contributed by atoms with E-state index >= 15 is 0 Å². The maximum absolute atomic E-state index is 12.0. The van der Waals surface area contributed by atoms with Gasteiger partial charge in [0.05, 0.1) is 18.2 Å². The van der Waals surface area contributed by atoms with Gasteiger partial charge in [-0.05, 0) is 55.0 Å². The molecule has 2 aromatic carbocycles. The molecule has 31 heavy (non-hydrogen) atoms. The largest absolute Gasteiger partial charge is 0.281 e. The van der Waals surface area contributed by atoms with Gasteiger partial charge in [0.15, 0.2) is 9.84 Å². The van der Waals surface area contributed by atoms with Crippen LogP contribution in [0.15, 0.2) is 54.6 Å². The van der Waals surface area contributed by atoms with E-state index in [9.17, 15) is 8.42 Å². The molecule has 0 saturated carbocycles. The molecule has 0 spiro atoms. The van der Waals surface area contributed by atoms with Crippen molar-refractivity contribution in [1.29, 1.82) is 0 Å². The molecule has 0 bridgehead atoms. The van der Waals surface area contributed by atoms with Crippen molar-refractivity contribution < 1.29 is 8.42 Å². The van der Waals surface area contributed by atoms with Crippen LogP contribution in [-0.2, 0) is 22.9 Å². The molecule has 3 aromatic rings. The standard InChI is InChI=1S/C22H25ClN4O2S2/c1-2-25(20-12-13-31(28,29)15-20)16-26-22(30)27(19-10-8-18(23)9-11-19)21(24-26)14-17-6-4-3-5-7-17/h3-11,20H,2,12-16H2,1H3/t20-/m0/s1. The quantitative estimate of drug-likeness (QED) is 0.480. The van der Waals surface area contributed by atoms with E-state index < -0.39 is 9.84 Å². The third-order valence-electron chi connectivity index (χ3n) is 5.64. The molecule has 0 amide bonds. The van der Waals surface area contributed by atoms with E-state index in [1.54, 1.807) is 4.68 Å². The van der Waals surface area contributed by atoms with Gasteiger partial charge < -0.3 is 0 Å². The summed E-state index contributed by atoms with van der Waals surface area (Å²) in [6.45, 7) is 3.22. The highest BCUT2D eigenvalue weighted by Crippen LogP contribution is 2.21. The van der Waals surface area contributed by atoms with Gasteiger partial charge in [0.1, 0.15) is 5.82 Å². The molecule has 6 nitrogen and oxygen atoms in total. The lowest BCUT2D eigenvalue weighted by molar-refractivity contribution is 0.163. The highest BCUT2D eigenvalue weighted by Gasteiger charge is 2.32. The smallest absolute Gasteiger partial charge is 0.203 e. The van der Waals surface area contributed by atoms with Crippen molar-refractivity contribution in [3.05, 3.63) is 75.8 Å². The highest BCUT2D eigenvalue weighted by atomic mass is 35.5. The van der Waals surface area contributed by atoms with Crippen molar-refractivity contribution in [3.8, 4) is 5.69 Å². The van der Waals surface area contributed by atoms with Gasteiger partial charge in [0.25, 0.3) is 0 Å². The first-order chi connectivity index (χ1) is 14.9. The lowest BCUT2D eigenvalue weighted by atomic mass is 10.1. The normalized spacial score (nSPS) is 18.0. The molecule has 164 valence electrons. The Morgan fingerprint density at radius 2 is 1.87 bits per heavy atom. The minimum absolute atomic E-state index is 0.00449. The van der Waals surface area contributed by atoms with Gasteiger partial charge in [0, 0.05) is 23.2 Å². The first-order valence-electron chi connectivity index (χ1n) is 10.3. The molecule has 0 aliphatic carbocycles. The summed E-state index contributed by atoms with van der Waals surface area (Å²) in [4.78, 5) is 2.14. The Morgan fingerprint density at radius 3 is 2.48 bits per heavy atom. The van der Waals surface area contributed by atoms with Crippen molar-refractivity contribution in [3.63, 3.8) is 0 Å². The van der Waals surface area contributed by atoms with E-state index in [4.69, 9.17) is 28.9 Å². The number of rotatable bonds is 7. The van der Waals surface area contributed by atoms with Crippen LogP contribution in [0.4, 0.5) is 0 Å². The van der Waals surface area contributed by atoms with Crippen LogP contribution in [0.5, 0.6) is 0 Å². The predicted molar refractivity (Wildman–Crippen MR) is 126 cm³/mol. The molecule has 4 rings (SSSR count). The summed E-state index contributed by atoms with van der Waals surface area (Å²) < 4.78 is 28.3. The highest BCUT2D eigenvalue weighted by molar-refractivity contribution is 7.91. The van der Waals surface area contributed by atoms with Crippen molar-refractivity contribution >= 4 is 33.7 Å². The second-order valence-corrected chi connectivity index (χ2v) is 10.8. The van der Waals surface area contributed by atoms with Gasteiger partial charge >= 0.3 is 0 Å². The van der Waals surface area contributed by atoms with E-state index in [1.807, 2.05) is 54.0 Å². The van der Waals surface area contributed by atoms with Crippen LogP contribution in [0.3, 0.4) is 0 Å². The van der Waals surface area contributed by atoms with E-state index in [0.717, 1.165) is 23.6 Å². The first-order valence-corrected chi connectivity index (χ1v) is 12.9. The molecule has 9 heteroatoms. The number of benzene rings is 2. The summed E-state index contributed by atoms with van der Waals surface area (Å²) >= 11 is 11.9. The number of nitrogens with zero attached hydrogens (tertiary/aromatic N) is 4. The summed E-state index contributed by atoms with van der Waals surface area (Å²) in [5.41, 5.74) is 2.04. The zero-order chi connectivity index (χ0) is 22.0. The second kappa shape index (κ2) is 9.24. The Balaban J connectivity index is 1.70. The molecular weight excluding hydrogens is 452 g/mol. The van der Waals surface area contributed by atoms with E-state index in [0.29, 0.717) is 29.3 Å². The van der Waals surface area contributed by atoms with Crippen LogP contribution in [0.25, 0.3) is 5.69 Å². The number of aromatic nitrogens is 3. The van der Waals surface area contributed by atoms with Crippen LogP contribution in [0, 0.1) is 4.77 Å². The summed E-state index contributed by atoms with van der Waals surface area (Å²) in [5.74, 6) is 1.27. The fraction of sp³-hybridized carbons (Fsp3) is 0.364. The third-order valence-corrected chi connectivity index (χ3v) is 8.04. The average molecular weight is 477 g/mol. The minimum Gasteiger partial charge on any atom is -0.281 e. The summed E-state index contributed by atoms with van der Waals surface area (Å²) in [5, 5.41) is 5.51. The molecule has 0 radical (unpaired) electrons. The van der Waals surface area contributed by atoms with Gasteiger partial charge in [-0.15, -0.1) is 0 Å². The van der Waals surface area contributed by atoms with Gasteiger partial charge in [0.2, 0.25) is 4.77 Å². The predicted octanol–water partition coefficient (Wildman–Crippen LogP) is 4.11. The Labute approximate surface area is 193 Å². The Morgan fingerprint density at radius 1 is 1.16 bits per heavy atom. The van der Waals surface area contributed by atoms with Gasteiger partial charge in [-0.25, -0.2) is 13.1 Å². The van der Waals surface area contributed by atoms with Crippen molar-refractivity contribution in [2.75, 3.05) is 18.1 Å². The van der Waals surface area contributed by atoms with Crippen molar-refractivity contribution in [2.45, 2.75) is 32.5 Å². The van der Waals surface area contributed by atoms with Crippen LogP contribution >= 0.6 is 23.8 Å². The molecule has 1 atom stereocenters. The lowest BCUT2D eigenvalue weighted by Gasteiger charge is -2.26. The zero-order valence-electron chi connectivity index (χ0n) is 17.3. The number of hydrogen-bond donors (Lipinski definition) is 0. The fourth-order valence-electron chi connectivity index (χ4n) is 4.00. The number of hydrogen-bond acceptors (Lipinski definition) is 5. The van der Waals surface area contributed by atoms with Crippen LogP contribution in [0.2, 0.25) is 5.02 Å². The molecule has 1 aliphatic rings. The fourth-order valence-corrected chi connectivity index (χ4v) is 6.19. The Hall–Kier alpha value is -2.00. The van der Waals surface area contributed by atoms with Crippen LogP contribution < -0.4 is 0 Å². The van der Waals surface area contributed by atoms with Crippen molar-refractivity contribution in [1.82, 2.24) is 19.2 Å². The molecule has 0 N–H and O–H groups in total. The molecular formula is C22H25ClN4O2S2. The average Bonchev–Trinajstić information content (AvgIpc) is 3.26. The SMILES string of the molecule is CCN(Cn1nc(Cc2ccccc2)n(-c2ccc(Cl)cc2)c1=S)[C@H]1CCS(=O)(=O)C1. The Bertz CT molecular complexity index is 1200.